The van der Waals surface area contributed by atoms with Crippen molar-refractivity contribution < 1.29 is 9.53 Å². The van der Waals surface area contributed by atoms with E-state index >= 15 is 0 Å². The first-order valence-corrected chi connectivity index (χ1v) is 10.2. The van der Waals surface area contributed by atoms with Crippen LogP contribution in [0.5, 0.6) is 0 Å². The summed E-state index contributed by atoms with van der Waals surface area (Å²) in [7, 11) is -0.262. The van der Waals surface area contributed by atoms with E-state index in [9.17, 15) is 4.79 Å². The van der Waals surface area contributed by atoms with Crippen molar-refractivity contribution in [3.63, 3.8) is 0 Å². The molecule has 28 heavy (non-hydrogen) atoms. The van der Waals surface area contributed by atoms with Crippen LogP contribution in [0.15, 0.2) is 85.5 Å². The highest BCUT2D eigenvalue weighted by molar-refractivity contribution is 7.50. The molecule has 0 saturated carbocycles. The summed E-state index contributed by atoms with van der Waals surface area (Å²) in [4.78, 5) is 14.0. The van der Waals surface area contributed by atoms with Crippen LogP contribution in [-0.2, 0) is 4.74 Å². The molecule has 0 aliphatic carbocycles. The largest absolute Gasteiger partial charge is 0.439 e. The molecule has 4 rings (SSSR count). The standard InChI is InChI=1S/C25H19O2S/c1-4-25(3,5-2)27-24(26)18-15-16-21-20-13-9-10-14-22(20)28(23(21)17-18)19-11-7-6-8-12-19/h1,5-17H,2H2,3H3/q+1. The summed E-state index contributed by atoms with van der Waals surface area (Å²) in [6.07, 6.45) is 6.95. The molecule has 0 fully saturated rings. The first-order chi connectivity index (χ1) is 13.6. The van der Waals surface area contributed by atoms with Crippen LogP contribution in [0.3, 0.4) is 0 Å². The van der Waals surface area contributed by atoms with Gasteiger partial charge in [0, 0.05) is 27.3 Å². The molecule has 2 nitrogen and oxygen atoms in total. The second-order valence-electron chi connectivity index (χ2n) is 6.67. The fourth-order valence-electron chi connectivity index (χ4n) is 3.22. The van der Waals surface area contributed by atoms with E-state index < -0.39 is 11.6 Å². The Bertz CT molecular complexity index is 1240. The molecule has 0 aliphatic rings. The molecular formula is C25H19O2S+. The van der Waals surface area contributed by atoms with Gasteiger partial charge in [-0.1, -0.05) is 42.8 Å². The van der Waals surface area contributed by atoms with Gasteiger partial charge >= 0.3 is 5.97 Å². The lowest BCUT2D eigenvalue weighted by atomic mass is 10.1. The number of esters is 1. The number of hydrogen-bond acceptors (Lipinski definition) is 2. The van der Waals surface area contributed by atoms with E-state index in [2.05, 4.69) is 42.8 Å². The molecule has 0 saturated heterocycles. The molecular weight excluding hydrogens is 364 g/mol. The molecule has 4 aromatic rings. The maximum absolute atomic E-state index is 12.7. The highest BCUT2D eigenvalue weighted by atomic mass is 32.2. The van der Waals surface area contributed by atoms with Crippen LogP contribution >= 0.6 is 10.5 Å². The molecule has 0 N–H and O–H groups in total. The van der Waals surface area contributed by atoms with Crippen LogP contribution in [-0.4, -0.2) is 11.6 Å². The first kappa shape index (κ1) is 18.0. The number of benzene rings is 3. The Hall–Kier alpha value is -3.35. The molecule has 2 atom stereocenters. The third-order valence-electron chi connectivity index (χ3n) is 4.79. The lowest BCUT2D eigenvalue weighted by Crippen LogP contribution is -2.27. The second-order valence-corrected chi connectivity index (χ2v) is 8.63. The molecule has 0 aliphatic heterocycles. The third kappa shape index (κ3) is 2.98. The number of terminal acetylenes is 1. The summed E-state index contributed by atoms with van der Waals surface area (Å²) in [6, 6.07) is 24.5. The monoisotopic (exact) mass is 383 g/mol. The van der Waals surface area contributed by atoms with Crippen molar-refractivity contribution in [2.24, 2.45) is 0 Å². The number of rotatable bonds is 4. The van der Waals surface area contributed by atoms with E-state index in [0.717, 1.165) is 10.1 Å². The average molecular weight is 383 g/mol. The first-order valence-electron chi connectivity index (χ1n) is 8.94. The molecule has 0 radical (unpaired) electrons. The molecule has 136 valence electrons. The Kier molecular flexibility index (Phi) is 4.50. The third-order valence-corrected chi connectivity index (χ3v) is 7.11. The van der Waals surface area contributed by atoms with Crippen LogP contribution in [0.1, 0.15) is 17.3 Å². The van der Waals surface area contributed by atoms with Gasteiger partial charge < -0.3 is 4.74 Å². The minimum Gasteiger partial charge on any atom is -0.439 e. The summed E-state index contributed by atoms with van der Waals surface area (Å²) in [5.74, 6) is 2.02. The van der Waals surface area contributed by atoms with Crippen LogP contribution in [0.2, 0.25) is 0 Å². The summed E-state index contributed by atoms with van der Waals surface area (Å²) in [5, 5.41) is 2.37. The zero-order valence-electron chi connectivity index (χ0n) is 15.5. The molecule has 3 heteroatoms. The minimum absolute atomic E-state index is 0.262. The summed E-state index contributed by atoms with van der Waals surface area (Å²) in [6.45, 7) is 5.32. The molecule has 0 spiro atoms. The van der Waals surface area contributed by atoms with Crippen molar-refractivity contribution in [1.82, 2.24) is 0 Å². The van der Waals surface area contributed by atoms with Crippen LogP contribution < -0.4 is 0 Å². The number of ether oxygens (including phenoxy) is 1. The van der Waals surface area contributed by atoms with Gasteiger partial charge in [0.15, 0.2) is 19.9 Å². The van der Waals surface area contributed by atoms with Gasteiger partial charge in [-0.2, -0.15) is 0 Å². The van der Waals surface area contributed by atoms with E-state index in [1.807, 2.05) is 36.4 Å². The molecule has 0 amide bonds. The molecule has 0 bridgehead atoms. The van der Waals surface area contributed by atoms with Gasteiger partial charge in [-0.3, -0.25) is 0 Å². The Balaban J connectivity index is 1.92. The van der Waals surface area contributed by atoms with E-state index in [0.29, 0.717) is 5.56 Å². The van der Waals surface area contributed by atoms with E-state index in [1.54, 1.807) is 13.0 Å². The van der Waals surface area contributed by atoms with Crippen molar-refractivity contribution in [3.05, 3.63) is 91.0 Å². The number of carbonyl (C=O) groups excluding carboxylic acids is 1. The zero-order valence-corrected chi connectivity index (χ0v) is 16.3. The van der Waals surface area contributed by atoms with E-state index in [-0.39, 0.29) is 10.5 Å². The van der Waals surface area contributed by atoms with Gasteiger partial charge in [0.1, 0.15) is 0 Å². The van der Waals surface area contributed by atoms with Gasteiger partial charge in [0.25, 0.3) is 0 Å². The van der Waals surface area contributed by atoms with Crippen molar-refractivity contribution >= 4 is 36.6 Å². The van der Waals surface area contributed by atoms with Crippen LogP contribution in [0, 0.1) is 12.3 Å². The van der Waals surface area contributed by atoms with Crippen molar-refractivity contribution in [2.45, 2.75) is 12.5 Å². The van der Waals surface area contributed by atoms with Gasteiger partial charge in [0.05, 0.1) is 5.56 Å². The van der Waals surface area contributed by atoms with Crippen LogP contribution in [0.25, 0.3) is 25.1 Å². The van der Waals surface area contributed by atoms with Gasteiger partial charge in [0.2, 0.25) is 0 Å². The Morgan fingerprint density at radius 1 is 1.04 bits per heavy atom. The maximum Gasteiger partial charge on any atom is 0.340 e. The number of thiophene rings is 1. The fourth-order valence-corrected chi connectivity index (χ4v) is 5.65. The maximum atomic E-state index is 12.7. The minimum atomic E-state index is -1.12. The summed E-state index contributed by atoms with van der Waals surface area (Å²) in [5.41, 5.74) is -0.636. The smallest absolute Gasteiger partial charge is 0.340 e. The molecule has 3 aromatic carbocycles. The predicted molar refractivity (Wildman–Crippen MR) is 118 cm³/mol. The fraction of sp³-hybridized carbons (Fsp3) is 0.0800. The van der Waals surface area contributed by atoms with E-state index in [4.69, 9.17) is 11.2 Å². The van der Waals surface area contributed by atoms with Crippen molar-refractivity contribution in [3.8, 4) is 17.2 Å². The molecule has 1 heterocycles. The number of carbonyl (C=O) groups is 1. The summed E-state index contributed by atoms with van der Waals surface area (Å²) < 4.78 is 7.91. The second kappa shape index (κ2) is 6.99. The topological polar surface area (TPSA) is 26.3 Å². The Morgan fingerprint density at radius 2 is 1.71 bits per heavy atom. The normalized spacial score (nSPS) is 13.6. The number of fused-ring (bicyclic) bond motifs is 3. The number of hydrogen-bond donors (Lipinski definition) is 0. The summed E-state index contributed by atoms with van der Waals surface area (Å²) >= 11 is 0. The highest BCUT2D eigenvalue weighted by Crippen LogP contribution is 2.48. The lowest BCUT2D eigenvalue weighted by Gasteiger charge is -2.19. The lowest BCUT2D eigenvalue weighted by molar-refractivity contribution is 0.0284. The average Bonchev–Trinajstić information content (AvgIpc) is 3.08. The predicted octanol–water partition coefficient (Wildman–Crippen LogP) is 6.47. The van der Waals surface area contributed by atoms with E-state index in [1.165, 1.54) is 21.1 Å². The highest BCUT2D eigenvalue weighted by Gasteiger charge is 2.27. The SMILES string of the molecule is C#CC(C)(C=C)OC(=O)c1ccc2c3ccccc3[s+](-c3ccccc3)c2c1. The quantitative estimate of drug-likeness (QED) is 0.175. The zero-order chi connectivity index (χ0) is 19.7. The molecule has 2 unspecified atom stereocenters. The van der Waals surface area contributed by atoms with Gasteiger partial charge in [-0.05, 0) is 49.4 Å². The Morgan fingerprint density at radius 3 is 2.43 bits per heavy atom. The van der Waals surface area contributed by atoms with Crippen molar-refractivity contribution in [1.29, 1.82) is 0 Å². The van der Waals surface area contributed by atoms with Crippen LogP contribution in [0.4, 0.5) is 0 Å². The molecule has 1 aromatic heterocycles. The van der Waals surface area contributed by atoms with Gasteiger partial charge in [-0.25, -0.2) is 4.79 Å². The van der Waals surface area contributed by atoms with Crippen molar-refractivity contribution in [2.75, 3.05) is 0 Å². The Labute approximate surface area is 167 Å². The van der Waals surface area contributed by atoms with Gasteiger partial charge in [-0.15, -0.1) is 6.42 Å².